The van der Waals surface area contributed by atoms with Gasteiger partial charge in [-0.3, -0.25) is 9.69 Å². The largest absolute Gasteiger partial charge is 0.392 e. The number of aliphatic hydroxyl groups is 2. The number of halogens is 3. The minimum absolute atomic E-state index is 0.0300. The lowest BCUT2D eigenvalue weighted by Gasteiger charge is -2.43. The summed E-state index contributed by atoms with van der Waals surface area (Å²) in [4.78, 5) is 14.1. The van der Waals surface area contributed by atoms with Crippen molar-refractivity contribution >= 4 is 46.4 Å². The molecule has 3 aromatic carbocycles. The zero-order chi connectivity index (χ0) is 29.7. The molecular weight excluding hydrogens is 587 g/mol. The Kier molecular flexibility index (Phi) is 10.7. The Morgan fingerprint density at radius 3 is 2.17 bits per heavy atom. The molecule has 1 amide bonds. The first-order valence-electron chi connectivity index (χ1n) is 13.4. The highest BCUT2D eigenvalue weighted by Crippen LogP contribution is 2.42. The summed E-state index contributed by atoms with van der Waals surface area (Å²) in [6, 6.07) is 24.1. The number of alkyl halides is 3. The molecule has 0 bridgehead atoms. The summed E-state index contributed by atoms with van der Waals surface area (Å²) in [5, 5.41) is 23.1. The number of rotatable bonds is 9. The van der Waals surface area contributed by atoms with Crippen LogP contribution >= 0.6 is 34.8 Å². The molecule has 6 atom stereocenters. The molecule has 1 fully saturated rings. The highest BCUT2D eigenvalue weighted by atomic mass is 35.6. The van der Waals surface area contributed by atoms with Crippen LogP contribution in [0.3, 0.4) is 0 Å². The number of ether oxygens (including phenoxy) is 2. The van der Waals surface area contributed by atoms with Gasteiger partial charge in [0.25, 0.3) is 9.70 Å². The van der Waals surface area contributed by atoms with Gasteiger partial charge >= 0.3 is 0 Å². The maximum Gasteiger partial charge on any atom is 0.276 e. The summed E-state index contributed by atoms with van der Waals surface area (Å²) >= 11 is 17.0. The summed E-state index contributed by atoms with van der Waals surface area (Å²) in [5.74, 6) is -0.784. The van der Waals surface area contributed by atoms with Crippen molar-refractivity contribution < 1.29 is 24.5 Å². The SMILES string of the molecule is C[C@H]1[C@@H](CN(C)[C@@H](C)[C@H](O)c2ccccc2)O[C@@H](c2ccc(NC(=O)C(Cl)(Cl)Cl)cc2)O[C@H]1c1ccc(CO)cc1. The molecule has 0 spiro atoms. The van der Waals surface area contributed by atoms with Gasteiger partial charge in [-0.2, -0.15) is 0 Å². The smallest absolute Gasteiger partial charge is 0.276 e. The third-order valence-corrected chi connectivity index (χ3v) is 8.10. The van der Waals surface area contributed by atoms with Crippen LogP contribution in [0.2, 0.25) is 0 Å². The Bertz CT molecular complexity index is 1270. The van der Waals surface area contributed by atoms with Crippen molar-refractivity contribution in [1.82, 2.24) is 4.90 Å². The predicted octanol–water partition coefficient (Wildman–Crippen LogP) is 6.33. The van der Waals surface area contributed by atoms with Crippen molar-refractivity contribution in [2.75, 3.05) is 18.9 Å². The first-order valence-corrected chi connectivity index (χ1v) is 14.5. The lowest BCUT2D eigenvalue weighted by molar-refractivity contribution is -0.276. The Morgan fingerprint density at radius 2 is 1.59 bits per heavy atom. The van der Waals surface area contributed by atoms with E-state index in [1.807, 2.05) is 68.6 Å². The van der Waals surface area contributed by atoms with Gasteiger partial charge < -0.3 is 25.0 Å². The lowest BCUT2D eigenvalue weighted by Crippen LogP contribution is -2.46. The Labute approximate surface area is 255 Å². The molecule has 1 aliphatic rings. The van der Waals surface area contributed by atoms with Crippen molar-refractivity contribution in [3.05, 3.63) is 101 Å². The molecular formula is C31H35Cl3N2O5. The summed E-state index contributed by atoms with van der Waals surface area (Å²) in [5.41, 5.74) is 3.86. The van der Waals surface area contributed by atoms with Gasteiger partial charge in [0, 0.05) is 29.8 Å². The zero-order valence-corrected chi connectivity index (χ0v) is 25.4. The number of hydrogen-bond donors (Lipinski definition) is 3. The second kappa shape index (κ2) is 13.8. The molecule has 41 heavy (non-hydrogen) atoms. The summed E-state index contributed by atoms with van der Waals surface area (Å²) < 4.78 is 11.0. The lowest BCUT2D eigenvalue weighted by atomic mass is 9.89. The average molecular weight is 622 g/mol. The number of amides is 1. The molecule has 1 saturated heterocycles. The van der Waals surface area contributed by atoms with Crippen LogP contribution in [0, 0.1) is 5.92 Å². The van der Waals surface area contributed by atoms with E-state index >= 15 is 0 Å². The van der Waals surface area contributed by atoms with Crippen molar-refractivity contribution in [2.24, 2.45) is 5.92 Å². The molecule has 0 saturated carbocycles. The molecule has 3 aromatic rings. The number of carbonyl (C=O) groups is 1. The molecule has 10 heteroatoms. The fourth-order valence-corrected chi connectivity index (χ4v) is 5.02. The van der Waals surface area contributed by atoms with Gasteiger partial charge in [-0.05, 0) is 42.8 Å². The molecule has 0 unspecified atom stereocenters. The molecule has 1 aliphatic heterocycles. The average Bonchev–Trinajstić information content (AvgIpc) is 2.97. The monoisotopic (exact) mass is 620 g/mol. The van der Waals surface area contributed by atoms with Gasteiger partial charge in [-0.15, -0.1) is 0 Å². The van der Waals surface area contributed by atoms with E-state index in [-0.39, 0.29) is 30.8 Å². The van der Waals surface area contributed by atoms with Crippen LogP contribution in [0.5, 0.6) is 0 Å². The number of nitrogens with zero attached hydrogens (tertiary/aromatic N) is 1. The minimum atomic E-state index is -2.08. The van der Waals surface area contributed by atoms with E-state index < -0.39 is 22.1 Å². The van der Waals surface area contributed by atoms with Crippen molar-refractivity contribution in [1.29, 1.82) is 0 Å². The number of benzene rings is 3. The molecule has 4 rings (SSSR count). The Morgan fingerprint density at radius 1 is 0.976 bits per heavy atom. The maximum absolute atomic E-state index is 12.0. The predicted molar refractivity (Wildman–Crippen MR) is 162 cm³/mol. The van der Waals surface area contributed by atoms with Crippen LogP contribution in [0.25, 0.3) is 0 Å². The number of aliphatic hydroxyl groups excluding tert-OH is 2. The van der Waals surface area contributed by atoms with Gasteiger partial charge in [0.05, 0.1) is 24.9 Å². The fraction of sp³-hybridized carbons (Fsp3) is 0.387. The number of anilines is 1. The van der Waals surface area contributed by atoms with Crippen molar-refractivity contribution in [3.63, 3.8) is 0 Å². The van der Waals surface area contributed by atoms with Crippen LogP contribution in [-0.4, -0.2) is 50.6 Å². The van der Waals surface area contributed by atoms with Gasteiger partial charge in [-0.25, -0.2) is 0 Å². The first-order chi connectivity index (χ1) is 19.5. The van der Waals surface area contributed by atoms with Crippen LogP contribution in [0.15, 0.2) is 78.9 Å². The highest BCUT2D eigenvalue weighted by molar-refractivity contribution is 6.76. The summed E-state index contributed by atoms with van der Waals surface area (Å²) in [6.07, 6.45) is -1.89. The molecule has 7 nitrogen and oxygen atoms in total. The molecule has 0 aliphatic carbocycles. The number of likely N-dealkylation sites (N-methyl/N-ethyl adjacent to an activating group) is 1. The molecule has 0 radical (unpaired) electrons. The van der Waals surface area contributed by atoms with E-state index in [1.54, 1.807) is 24.3 Å². The minimum Gasteiger partial charge on any atom is -0.392 e. The normalized spacial score (nSPS) is 22.8. The van der Waals surface area contributed by atoms with E-state index in [1.165, 1.54) is 0 Å². The zero-order valence-electron chi connectivity index (χ0n) is 23.1. The highest BCUT2D eigenvalue weighted by Gasteiger charge is 2.39. The summed E-state index contributed by atoms with van der Waals surface area (Å²) in [6.45, 7) is 4.60. The van der Waals surface area contributed by atoms with E-state index in [9.17, 15) is 15.0 Å². The van der Waals surface area contributed by atoms with E-state index in [2.05, 4.69) is 17.1 Å². The Balaban J connectivity index is 1.56. The van der Waals surface area contributed by atoms with Gasteiger partial charge in [0.2, 0.25) is 0 Å². The number of hydrogen-bond acceptors (Lipinski definition) is 6. The van der Waals surface area contributed by atoms with Gasteiger partial charge in [-0.1, -0.05) is 108 Å². The fourth-order valence-electron chi connectivity index (χ4n) is 4.87. The van der Waals surface area contributed by atoms with E-state index in [0.29, 0.717) is 12.2 Å². The van der Waals surface area contributed by atoms with E-state index in [4.69, 9.17) is 44.3 Å². The molecule has 0 aromatic heterocycles. The van der Waals surface area contributed by atoms with Crippen molar-refractivity contribution in [3.8, 4) is 0 Å². The standard InChI is InChI=1S/C31H35Cl3N2O5/c1-19-26(17-36(3)20(2)27(38)22-7-5-4-6-8-22)40-29(41-28(19)23-11-9-21(18-37)10-12-23)24-13-15-25(16-14-24)35-30(39)31(32,33)34/h4-16,19-20,26-29,37-38H,17-18H2,1-3H3,(H,35,39)/t19-,20-,26+,27-,28+,29+/m0/s1. The molecule has 1 heterocycles. The van der Waals surface area contributed by atoms with Gasteiger partial charge in [0.15, 0.2) is 6.29 Å². The van der Waals surface area contributed by atoms with Crippen LogP contribution in [-0.2, 0) is 20.9 Å². The molecule has 3 N–H and O–H groups in total. The maximum atomic E-state index is 12.0. The first kappa shape index (κ1) is 31.7. The second-order valence-corrected chi connectivity index (χ2v) is 12.7. The third-order valence-electron chi connectivity index (χ3n) is 7.58. The van der Waals surface area contributed by atoms with E-state index in [0.717, 1.165) is 22.3 Å². The number of nitrogens with one attached hydrogen (secondary N) is 1. The quantitative estimate of drug-likeness (QED) is 0.242. The Hall–Kier alpha value is -2.20. The van der Waals surface area contributed by atoms with Crippen LogP contribution < -0.4 is 5.32 Å². The van der Waals surface area contributed by atoms with Crippen LogP contribution in [0.4, 0.5) is 5.69 Å². The van der Waals surface area contributed by atoms with Gasteiger partial charge in [0.1, 0.15) is 0 Å². The second-order valence-electron chi connectivity index (χ2n) is 10.4. The summed E-state index contributed by atoms with van der Waals surface area (Å²) in [7, 11) is 1.98. The van der Waals surface area contributed by atoms with Crippen molar-refractivity contribution in [2.45, 2.75) is 54.9 Å². The number of carbonyl (C=O) groups excluding carboxylic acids is 1. The molecule has 220 valence electrons. The third kappa shape index (κ3) is 8.00. The topological polar surface area (TPSA) is 91.3 Å². The van der Waals surface area contributed by atoms with Crippen LogP contribution in [0.1, 0.15) is 54.6 Å².